The highest BCUT2D eigenvalue weighted by atomic mass is 16.2. The Morgan fingerprint density at radius 3 is 2.70 bits per heavy atom. The molecule has 1 aliphatic rings. The maximum Gasteiger partial charge on any atom is 0.324 e. The second kappa shape index (κ2) is 2.68. The summed E-state index contributed by atoms with van der Waals surface area (Å²) >= 11 is 0. The third-order valence-corrected chi connectivity index (χ3v) is 1.36. The summed E-state index contributed by atoms with van der Waals surface area (Å²) in [6, 6.07) is -0.258. The van der Waals surface area contributed by atoms with Gasteiger partial charge in [-0.1, -0.05) is 6.92 Å². The first kappa shape index (κ1) is 7.05. The maximum absolute atomic E-state index is 10.8. The molecule has 1 heterocycles. The quantitative estimate of drug-likeness (QED) is 0.549. The Morgan fingerprint density at radius 1 is 1.60 bits per heavy atom. The number of carbonyl (C=O) groups is 2. The molecule has 10 heavy (non-hydrogen) atoms. The summed E-state index contributed by atoms with van der Waals surface area (Å²) in [6.07, 6.45) is 0.890. The van der Waals surface area contributed by atoms with Crippen molar-refractivity contribution in [2.45, 2.75) is 13.3 Å². The Balaban J connectivity index is 2.46. The standard InChI is InChI=1S/C6H10N2O2/c1-2-3-8-4-5(9)7-6(8)10/h2-4H2,1H3,(H,7,9,10). The topological polar surface area (TPSA) is 49.4 Å². The second-order valence-electron chi connectivity index (χ2n) is 2.27. The molecule has 0 saturated carbocycles. The van der Waals surface area contributed by atoms with Gasteiger partial charge in [-0.2, -0.15) is 0 Å². The molecule has 0 aliphatic carbocycles. The SMILES string of the molecule is CCCN1CC(=O)NC1=O. The maximum atomic E-state index is 10.8. The molecule has 0 aromatic rings. The van der Waals surface area contributed by atoms with E-state index in [0.29, 0.717) is 6.54 Å². The van der Waals surface area contributed by atoms with Crippen LogP contribution in [0.2, 0.25) is 0 Å². The average molecular weight is 142 g/mol. The van der Waals surface area contributed by atoms with E-state index in [9.17, 15) is 9.59 Å². The minimum absolute atomic E-state index is 0.196. The van der Waals surface area contributed by atoms with Gasteiger partial charge in [0.2, 0.25) is 5.91 Å². The zero-order valence-corrected chi connectivity index (χ0v) is 5.89. The lowest BCUT2D eigenvalue weighted by molar-refractivity contribution is -0.118. The zero-order valence-electron chi connectivity index (χ0n) is 5.89. The van der Waals surface area contributed by atoms with Crippen molar-refractivity contribution in [2.75, 3.05) is 13.1 Å². The van der Waals surface area contributed by atoms with Crippen molar-refractivity contribution in [1.29, 1.82) is 0 Å². The van der Waals surface area contributed by atoms with E-state index in [-0.39, 0.29) is 18.5 Å². The molecule has 0 unspecified atom stereocenters. The largest absolute Gasteiger partial charge is 0.324 e. The molecular weight excluding hydrogens is 132 g/mol. The molecule has 3 amide bonds. The van der Waals surface area contributed by atoms with Crippen LogP contribution in [-0.2, 0) is 4.79 Å². The Morgan fingerprint density at radius 2 is 2.30 bits per heavy atom. The molecule has 1 N–H and O–H groups in total. The van der Waals surface area contributed by atoms with Crippen LogP contribution in [0.25, 0.3) is 0 Å². The summed E-state index contributed by atoms with van der Waals surface area (Å²) in [5.74, 6) is -0.196. The highest BCUT2D eigenvalue weighted by molar-refractivity contribution is 6.01. The van der Waals surface area contributed by atoms with Gasteiger partial charge in [0.15, 0.2) is 0 Å². The van der Waals surface area contributed by atoms with E-state index in [1.54, 1.807) is 0 Å². The van der Waals surface area contributed by atoms with Gasteiger partial charge in [0.25, 0.3) is 0 Å². The molecule has 1 saturated heterocycles. The van der Waals surface area contributed by atoms with Crippen molar-refractivity contribution >= 4 is 11.9 Å². The fraction of sp³-hybridized carbons (Fsp3) is 0.667. The van der Waals surface area contributed by atoms with Crippen LogP contribution < -0.4 is 5.32 Å². The monoisotopic (exact) mass is 142 g/mol. The normalized spacial score (nSPS) is 17.9. The van der Waals surface area contributed by atoms with Gasteiger partial charge in [-0.3, -0.25) is 10.1 Å². The van der Waals surface area contributed by atoms with Gasteiger partial charge < -0.3 is 4.90 Å². The van der Waals surface area contributed by atoms with E-state index in [4.69, 9.17) is 0 Å². The van der Waals surface area contributed by atoms with Gasteiger partial charge in [-0.15, -0.1) is 0 Å². The molecule has 0 atom stereocenters. The van der Waals surface area contributed by atoms with Crippen LogP contribution >= 0.6 is 0 Å². The van der Waals surface area contributed by atoms with Crippen LogP contribution in [0, 0.1) is 0 Å². The number of amides is 3. The van der Waals surface area contributed by atoms with Crippen molar-refractivity contribution in [3.63, 3.8) is 0 Å². The molecule has 4 heteroatoms. The first-order valence-electron chi connectivity index (χ1n) is 3.32. The lowest BCUT2D eigenvalue weighted by Gasteiger charge is -2.09. The van der Waals surface area contributed by atoms with Gasteiger partial charge in [-0.25, -0.2) is 4.79 Å². The summed E-state index contributed by atoms with van der Waals surface area (Å²) in [4.78, 5) is 22.8. The number of hydrogen-bond acceptors (Lipinski definition) is 2. The Labute approximate surface area is 59.2 Å². The molecule has 56 valence electrons. The van der Waals surface area contributed by atoms with Crippen LogP contribution in [0.5, 0.6) is 0 Å². The van der Waals surface area contributed by atoms with Crippen molar-refractivity contribution in [2.24, 2.45) is 0 Å². The molecule has 1 fully saturated rings. The minimum Gasteiger partial charge on any atom is -0.315 e. The van der Waals surface area contributed by atoms with Gasteiger partial charge >= 0.3 is 6.03 Å². The predicted octanol–water partition coefficient (Wildman–Crippen LogP) is -0.0518. The third-order valence-electron chi connectivity index (χ3n) is 1.36. The third kappa shape index (κ3) is 1.26. The lowest BCUT2D eigenvalue weighted by Crippen LogP contribution is -2.28. The lowest BCUT2D eigenvalue weighted by atomic mass is 10.4. The molecule has 1 aliphatic heterocycles. The molecule has 0 aromatic carbocycles. The van der Waals surface area contributed by atoms with E-state index in [1.165, 1.54) is 4.90 Å². The van der Waals surface area contributed by atoms with E-state index < -0.39 is 0 Å². The Kier molecular flexibility index (Phi) is 1.89. The molecule has 0 spiro atoms. The van der Waals surface area contributed by atoms with Gasteiger partial charge in [0.05, 0.1) is 0 Å². The minimum atomic E-state index is -0.258. The van der Waals surface area contributed by atoms with Crippen LogP contribution in [-0.4, -0.2) is 29.9 Å². The van der Waals surface area contributed by atoms with Gasteiger partial charge in [0, 0.05) is 6.54 Å². The van der Waals surface area contributed by atoms with E-state index in [0.717, 1.165) is 6.42 Å². The number of hydrogen-bond donors (Lipinski definition) is 1. The van der Waals surface area contributed by atoms with E-state index in [2.05, 4.69) is 5.32 Å². The van der Waals surface area contributed by atoms with Crippen LogP contribution in [0.3, 0.4) is 0 Å². The highest BCUT2D eigenvalue weighted by Crippen LogP contribution is 1.97. The van der Waals surface area contributed by atoms with E-state index in [1.807, 2.05) is 6.92 Å². The fourth-order valence-corrected chi connectivity index (χ4v) is 0.934. The summed E-state index contributed by atoms with van der Waals surface area (Å²) in [7, 11) is 0. The fourth-order valence-electron chi connectivity index (χ4n) is 0.934. The average Bonchev–Trinajstić information content (AvgIpc) is 2.13. The van der Waals surface area contributed by atoms with Gasteiger partial charge in [-0.05, 0) is 6.42 Å². The zero-order chi connectivity index (χ0) is 7.56. The molecule has 0 radical (unpaired) electrons. The van der Waals surface area contributed by atoms with E-state index >= 15 is 0 Å². The number of rotatable bonds is 2. The van der Waals surface area contributed by atoms with Crippen molar-refractivity contribution in [3.05, 3.63) is 0 Å². The summed E-state index contributed by atoms with van der Waals surface area (Å²) in [5.41, 5.74) is 0. The first-order chi connectivity index (χ1) is 4.74. The molecular formula is C6H10N2O2. The summed E-state index contributed by atoms with van der Waals surface area (Å²) in [5, 5.41) is 2.20. The van der Waals surface area contributed by atoms with Crippen LogP contribution in [0.4, 0.5) is 4.79 Å². The molecule has 0 aromatic heterocycles. The predicted molar refractivity (Wildman–Crippen MR) is 35.4 cm³/mol. The summed E-state index contributed by atoms with van der Waals surface area (Å²) < 4.78 is 0. The number of imide groups is 1. The Bertz CT molecular complexity index is 167. The molecule has 0 bridgehead atoms. The number of nitrogens with zero attached hydrogens (tertiary/aromatic N) is 1. The molecule has 1 rings (SSSR count). The summed E-state index contributed by atoms with van der Waals surface area (Å²) in [6.45, 7) is 2.86. The van der Waals surface area contributed by atoms with Gasteiger partial charge in [0.1, 0.15) is 6.54 Å². The number of nitrogens with one attached hydrogen (secondary N) is 1. The number of carbonyl (C=O) groups excluding carboxylic acids is 2. The highest BCUT2D eigenvalue weighted by Gasteiger charge is 2.24. The van der Waals surface area contributed by atoms with Crippen molar-refractivity contribution < 1.29 is 9.59 Å². The Hall–Kier alpha value is -1.06. The molecule has 4 nitrogen and oxygen atoms in total. The smallest absolute Gasteiger partial charge is 0.315 e. The van der Waals surface area contributed by atoms with Crippen molar-refractivity contribution in [3.8, 4) is 0 Å². The first-order valence-corrected chi connectivity index (χ1v) is 3.32. The van der Waals surface area contributed by atoms with Crippen LogP contribution in [0.1, 0.15) is 13.3 Å². The van der Waals surface area contributed by atoms with Crippen molar-refractivity contribution in [1.82, 2.24) is 10.2 Å². The second-order valence-corrected chi connectivity index (χ2v) is 2.27. The number of urea groups is 1. The van der Waals surface area contributed by atoms with Crippen LogP contribution in [0.15, 0.2) is 0 Å².